The maximum Gasteiger partial charge on any atom is 0.307 e. The Morgan fingerprint density at radius 2 is 2.19 bits per heavy atom. The molecule has 0 bridgehead atoms. The number of methoxy groups -OCH3 is 1. The standard InChI is InChI=1S/C12H12ClNO4S3/c1-18-11(15)7-8(9-3-2-6-19-9)14-21(16,17)12-5-4-10(13)20-12/h2-6,8,14H,7H2,1H3. The number of carbonyl (C=O) groups is 1. The molecule has 2 aromatic rings. The molecule has 0 aromatic carbocycles. The van der Waals surface area contributed by atoms with Crippen LogP contribution in [0.5, 0.6) is 0 Å². The molecule has 21 heavy (non-hydrogen) atoms. The number of esters is 1. The number of thiophene rings is 2. The van der Waals surface area contributed by atoms with E-state index in [1.54, 1.807) is 12.1 Å². The summed E-state index contributed by atoms with van der Waals surface area (Å²) in [5.74, 6) is -0.486. The van der Waals surface area contributed by atoms with E-state index in [0.29, 0.717) is 4.34 Å². The van der Waals surface area contributed by atoms with Gasteiger partial charge in [0, 0.05) is 4.88 Å². The molecule has 0 fully saturated rings. The minimum Gasteiger partial charge on any atom is -0.469 e. The van der Waals surface area contributed by atoms with Gasteiger partial charge in [0.15, 0.2) is 0 Å². The number of hydrogen-bond donors (Lipinski definition) is 1. The van der Waals surface area contributed by atoms with Crippen LogP contribution in [0.4, 0.5) is 0 Å². The van der Waals surface area contributed by atoms with Crippen molar-refractivity contribution in [1.29, 1.82) is 0 Å². The third kappa shape index (κ3) is 4.27. The summed E-state index contributed by atoms with van der Waals surface area (Å²) in [4.78, 5) is 12.2. The van der Waals surface area contributed by atoms with E-state index in [9.17, 15) is 13.2 Å². The molecule has 5 nitrogen and oxygen atoms in total. The van der Waals surface area contributed by atoms with Crippen molar-refractivity contribution >= 4 is 50.3 Å². The first-order valence-electron chi connectivity index (χ1n) is 5.80. The number of nitrogens with one attached hydrogen (secondary N) is 1. The smallest absolute Gasteiger partial charge is 0.307 e. The molecule has 114 valence electrons. The SMILES string of the molecule is COC(=O)CC(NS(=O)(=O)c1ccc(Cl)s1)c1cccs1. The second-order valence-electron chi connectivity index (χ2n) is 4.03. The number of sulfonamides is 1. The maximum absolute atomic E-state index is 12.3. The van der Waals surface area contributed by atoms with Crippen LogP contribution in [-0.4, -0.2) is 21.5 Å². The molecule has 2 aromatic heterocycles. The van der Waals surface area contributed by atoms with Crippen molar-refractivity contribution < 1.29 is 17.9 Å². The molecule has 2 heterocycles. The van der Waals surface area contributed by atoms with Gasteiger partial charge in [-0.25, -0.2) is 13.1 Å². The first-order valence-corrected chi connectivity index (χ1v) is 9.36. The van der Waals surface area contributed by atoms with Crippen LogP contribution in [-0.2, 0) is 19.6 Å². The summed E-state index contributed by atoms with van der Waals surface area (Å²) in [5.41, 5.74) is 0. The zero-order chi connectivity index (χ0) is 15.5. The number of ether oxygens (including phenoxy) is 1. The predicted octanol–water partition coefficient (Wildman–Crippen LogP) is 3.05. The Hall–Kier alpha value is -0.930. The Kier molecular flexibility index (Phi) is 5.39. The van der Waals surface area contributed by atoms with E-state index in [2.05, 4.69) is 9.46 Å². The van der Waals surface area contributed by atoms with Gasteiger partial charge >= 0.3 is 5.97 Å². The van der Waals surface area contributed by atoms with Gasteiger partial charge in [-0.1, -0.05) is 17.7 Å². The lowest BCUT2D eigenvalue weighted by Gasteiger charge is -2.15. The number of hydrogen-bond acceptors (Lipinski definition) is 6. The van der Waals surface area contributed by atoms with Crippen molar-refractivity contribution in [1.82, 2.24) is 4.72 Å². The average molecular weight is 366 g/mol. The van der Waals surface area contributed by atoms with Gasteiger partial charge in [0.05, 0.1) is 23.9 Å². The number of halogens is 1. The minimum absolute atomic E-state index is 0.0741. The summed E-state index contributed by atoms with van der Waals surface area (Å²) in [6.45, 7) is 0. The third-order valence-electron chi connectivity index (χ3n) is 2.60. The monoisotopic (exact) mass is 365 g/mol. The second-order valence-corrected chi connectivity index (χ2v) is 8.66. The van der Waals surface area contributed by atoms with E-state index in [0.717, 1.165) is 16.2 Å². The Bertz CT molecular complexity index is 709. The van der Waals surface area contributed by atoms with Gasteiger partial charge in [0.25, 0.3) is 10.0 Å². The average Bonchev–Trinajstić information content (AvgIpc) is 3.08. The molecular formula is C12H12ClNO4S3. The van der Waals surface area contributed by atoms with Crippen LogP contribution in [0.2, 0.25) is 4.34 Å². The number of carbonyl (C=O) groups excluding carboxylic acids is 1. The molecule has 0 radical (unpaired) electrons. The van der Waals surface area contributed by atoms with E-state index >= 15 is 0 Å². The summed E-state index contributed by atoms with van der Waals surface area (Å²) in [5, 5.41) is 1.82. The molecule has 0 spiro atoms. The van der Waals surface area contributed by atoms with Crippen molar-refractivity contribution in [2.45, 2.75) is 16.7 Å². The maximum atomic E-state index is 12.3. The van der Waals surface area contributed by atoms with E-state index in [1.807, 2.05) is 5.38 Å². The Morgan fingerprint density at radius 3 is 2.71 bits per heavy atom. The van der Waals surface area contributed by atoms with Crippen LogP contribution in [0, 0.1) is 0 Å². The number of rotatable bonds is 6. The molecular weight excluding hydrogens is 354 g/mol. The highest BCUT2D eigenvalue weighted by molar-refractivity contribution is 7.91. The van der Waals surface area contributed by atoms with Crippen molar-refractivity contribution in [3.63, 3.8) is 0 Å². The van der Waals surface area contributed by atoms with E-state index in [-0.39, 0.29) is 10.6 Å². The molecule has 0 saturated heterocycles. The highest BCUT2D eigenvalue weighted by atomic mass is 35.5. The van der Waals surface area contributed by atoms with E-state index in [4.69, 9.17) is 11.6 Å². The van der Waals surface area contributed by atoms with Crippen LogP contribution in [0.3, 0.4) is 0 Å². The molecule has 0 amide bonds. The van der Waals surface area contributed by atoms with Crippen molar-refractivity contribution in [2.24, 2.45) is 0 Å². The van der Waals surface area contributed by atoms with Crippen LogP contribution >= 0.6 is 34.3 Å². The molecule has 9 heteroatoms. The topological polar surface area (TPSA) is 72.5 Å². The van der Waals surface area contributed by atoms with Gasteiger partial charge in [-0.3, -0.25) is 4.79 Å². The molecule has 0 aliphatic heterocycles. The molecule has 1 N–H and O–H groups in total. The molecule has 2 rings (SSSR count). The van der Waals surface area contributed by atoms with Crippen molar-refractivity contribution in [3.05, 3.63) is 38.9 Å². The van der Waals surface area contributed by atoms with Crippen LogP contribution in [0.1, 0.15) is 17.3 Å². The summed E-state index contributed by atoms with van der Waals surface area (Å²) in [6, 6.07) is 5.84. The van der Waals surface area contributed by atoms with E-state index in [1.165, 1.54) is 30.6 Å². The highest BCUT2D eigenvalue weighted by Gasteiger charge is 2.25. The molecule has 1 unspecified atom stereocenters. The fourth-order valence-electron chi connectivity index (χ4n) is 1.63. The highest BCUT2D eigenvalue weighted by Crippen LogP contribution is 2.29. The summed E-state index contributed by atoms with van der Waals surface area (Å²) in [6.07, 6.45) is -0.0741. The largest absolute Gasteiger partial charge is 0.469 e. The Labute approximate surface area is 135 Å². The lowest BCUT2D eigenvalue weighted by Crippen LogP contribution is -2.29. The van der Waals surface area contributed by atoms with Gasteiger partial charge in [0.2, 0.25) is 0 Å². The van der Waals surface area contributed by atoms with Crippen molar-refractivity contribution in [2.75, 3.05) is 7.11 Å². The van der Waals surface area contributed by atoms with Gasteiger partial charge in [0.1, 0.15) is 4.21 Å². The third-order valence-corrected chi connectivity index (χ3v) is 6.78. The van der Waals surface area contributed by atoms with E-state index < -0.39 is 22.0 Å². The summed E-state index contributed by atoms with van der Waals surface area (Å²) in [7, 11) is -2.47. The summed E-state index contributed by atoms with van der Waals surface area (Å²) < 4.78 is 32.3. The lowest BCUT2D eigenvalue weighted by molar-refractivity contribution is -0.141. The van der Waals surface area contributed by atoms with Gasteiger partial charge in [-0.15, -0.1) is 22.7 Å². The van der Waals surface area contributed by atoms with Crippen molar-refractivity contribution in [3.8, 4) is 0 Å². The Morgan fingerprint density at radius 1 is 1.43 bits per heavy atom. The van der Waals surface area contributed by atoms with Gasteiger partial charge in [-0.05, 0) is 23.6 Å². The fraction of sp³-hybridized carbons (Fsp3) is 0.250. The lowest BCUT2D eigenvalue weighted by atomic mass is 10.2. The Balaban J connectivity index is 2.24. The molecule has 0 aliphatic rings. The molecule has 1 atom stereocenters. The summed E-state index contributed by atoms with van der Waals surface area (Å²) >= 11 is 8.09. The van der Waals surface area contributed by atoms with Gasteiger partial charge in [-0.2, -0.15) is 0 Å². The first kappa shape index (κ1) is 16.4. The van der Waals surface area contributed by atoms with Crippen LogP contribution in [0.15, 0.2) is 33.9 Å². The first-order chi connectivity index (χ1) is 9.92. The zero-order valence-electron chi connectivity index (χ0n) is 10.9. The van der Waals surface area contributed by atoms with Crippen LogP contribution in [0.25, 0.3) is 0 Å². The fourth-order valence-corrected chi connectivity index (χ4v) is 5.19. The van der Waals surface area contributed by atoms with Crippen LogP contribution < -0.4 is 4.72 Å². The predicted molar refractivity (Wildman–Crippen MR) is 83.3 cm³/mol. The van der Waals surface area contributed by atoms with Gasteiger partial charge < -0.3 is 4.74 Å². The minimum atomic E-state index is -3.74. The molecule has 0 saturated carbocycles. The molecule has 0 aliphatic carbocycles. The zero-order valence-corrected chi connectivity index (χ0v) is 14.1. The quantitative estimate of drug-likeness (QED) is 0.798. The normalized spacial score (nSPS) is 13.0. The second kappa shape index (κ2) is 6.89.